The largest absolute Gasteiger partial charge is 0.478 e. The first-order valence-electron chi connectivity index (χ1n) is 6.14. The van der Waals surface area contributed by atoms with E-state index < -0.39 is 5.97 Å². The van der Waals surface area contributed by atoms with Crippen LogP contribution in [0.5, 0.6) is 0 Å². The molecule has 0 spiro atoms. The van der Waals surface area contributed by atoms with Crippen molar-refractivity contribution in [2.24, 2.45) is 0 Å². The molecule has 6 nitrogen and oxygen atoms in total. The summed E-state index contributed by atoms with van der Waals surface area (Å²) in [6.07, 6.45) is 0.693. The molecule has 0 saturated heterocycles. The van der Waals surface area contributed by atoms with Gasteiger partial charge in [0.25, 0.3) is 0 Å². The van der Waals surface area contributed by atoms with Gasteiger partial charge in [-0.15, -0.1) is 0 Å². The molecule has 1 atom stereocenters. The average molecular weight is 301 g/mol. The van der Waals surface area contributed by atoms with E-state index in [4.69, 9.17) is 21.8 Å². The van der Waals surface area contributed by atoms with Crippen LogP contribution in [0.25, 0.3) is 0 Å². The zero-order valence-corrected chi connectivity index (χ0v) is 11.8. The van der Waals surface area contributed by atoms with Crippen LogP contribution in [0.4, 0.5) is 5.69 Å². The number of halogens is 1. The summed E-state index contributed by atoms with van der Waals surface area (Å²) >= 11 is 5.89. The summed E-state index contributed by atoms with van der Waals surface area (Å²) < 4.78 is 0. The van der Waals surface area contributed by atoms with Crippen molar-refractivity contribution in [2.45, 2.75) is 19.4 Å². The lowest BCUT2D eigenvalue weighted by atomic mass is 10.2. The molecule has 1 aromatic rings. The number of aromatic carboxylic acids is 1. The van der Waals surface area contributed by atoms with Crippen LogP contribution >= 0.6 is 11.6 Å². The Bertz CT molecular complexity index is 489. The number of carbonyl (C=O) groups is 2. The Kier molecular flexibility index (Phi) is 6.44. The fraction of sp³-hybridized carbons (Fsp3) is 0.385. The molecule has 1 rings (SSSR count). The Morgan fingerprint density at radius 2 is 2.10 bits per heavy atom. The van der Waals surface area contributed by atoms with Crippen LogP contribution in [0.3, 0.4) is 0 Å². The van der Waals surface area contributed by atoms with Gasteiger partial charge < -0.3 is 20.8 Å². The van der Waals surface area contributed by atoms with Crippen molar-refractivity contribution >= 4 is 29.2 Å². The van der Waals surface area contributed by atoms with E-state index in [1.54, 1.807) is 0 Å². The molecule has 1 unspecified atom stereocenters. The van der Waals surface area contributed by atoms with Crippen molar-refractivity contribution in [3.05, 3.63) is 28.8 Å². The van der Waals surface area contributed by atoms with Gasteiger partial charge in [0, 0.05) is 6.04 Å². The maximum atomic E-state index is 11.7. The number of amides is 1. The lowest BCUT2D eigenvalue weighted by molar-refractivity contribution is -0.115. The van der Waals surface area contributed by atoms with Gasteiger partial charge in [0.15, 0.2) is 0 Å². The van der Waals surface area contributed by atoms with Crippen LogP contribution < -0.4 is 10.6 Å². The third-order valence-electron chi connectivity index (χ3n) is 2.75. The zero-order chi connectivity index (χ0) is 15.1. The first-order chi connectivity index (χ1) is 9.47. The minimum absolute atomic E-state index is 0.00664. The predicted octanol–water partition coefficient (Wildman–Crippen LogP) is 1.34. The molecule has 0 aliphatic carbocycles. The number of carbonyl (C=O) groups excluding carboxylic acids is 1. The first kappa shape index (κ1) is 16.4. The maximum absolute atomic E-state index is 11.7. The molecule has 0 aliphatic rings. The molecule has 0 heterocycles. The molecule has 20 heavy (non-hydrogen) atoms. The van der Waals surface area contributed by atoms with Gasteiger partial charge in [0.1, 0.15) is 0 Å². The lowest BCUT2D eigenvalue weighted by Gasteiger charge is -2.14. The number of carboxylic acids is 1. The summed E-state index contributed by atoms with van der Waals surface area (Å²) in [6.45, 7) is 1.84. The van der Waals surface area contributed by atoms with Crippen molar-refractivity contribution in [2.75, 3.05) is 18.5 Å². The second-order valence-electron chi connectivity index (χ2n) is 4.22. The van der Waals surface area contributed by atoms with Gasteiger partial charge in [-0.3, -0.25) is 4.79 Å². The highest BCUT2D eigenvalue weighted by atomic mass is 35.5. The number of rotatable bonds is 7. The molecule has 110 valence electrons. The monoisotopic (exact) mass is 300 g/mol. The smallest absolute Gasteiger partial charge is 0.335 e. The van der Waals surface area contributed by atoms with Crippen LogP contribution in [-0.4, -0.2) is 41.3 Å². The van der Waals surface area contributed by atoms with Gasteiger partial charge >= 0.3 is 5.97 Å². The van der Waals surface area contributed by atoms with E-state index >= 15 is 0 Å². The fourth-order valence-corrected chi connectivity index (χ4v) is 1.69. The topological polar surface area (TPSA) is 98.7 Å². The van der Waals surface area contributed by atoms with Crippen LogP contribution in [0.1, 0.15) is 23.7 Å². The van der Waals surface area contributed by atoms with Crippen LogP contribution in [0.2, 0.25) is 5.02 Å². The van der Waals surface area contributed by atoms with Crippen molar-refractivity contribution in [1.82, 2.24) is 5.32 Å². The summed E-state index contributed by atoms with van der Waals surface area (Å²) in [5, 5.41) is 23.5. The van der Waals surface area contributed by atoms with Gasteiger partial charge in [-0.25, -0.2) is 4.79 Å². The van der Waals surface area contributed by atoms with Gasteiger partial charge in [0.2, 0.25) is 5.91 Å². The number of hydrogen-bond donors (Lipinski definition) is 4. The van der Waals surface area contributed by atoms with E-state index in [-0.39, 0.29) is 41.4 Å². The Hall–Kier alpha value is -1.63. The third-order valence-corrected chi connectivity index (χ3v) is 3.08. The Morgan fingerprint density at radius 1 is 1.40 bits per heavy atom. The second kappa shape index (κ2) is 7.84. The van der Waals surface area contributed by atoms with E-state index in [0.29, 0.717) is 6.42 Å². The lowest BCUT2D eigenvalue weighted by Crippen LogP contribution is -2.37. The van der Waals surface area contributed by atoms with Crippen molar-refractivity contribution in [1.29, 1.82) is 0 Å². The molecule has 0 radical (unpaired) electrons. The predicted molar refractivity (Wildman–Crippen MR) is 76.2 cm³/mol. The van der Waals surface area contributed by atoms with E-state index in [0.717, 1.165) is 0 Å². The van der Waals surface area contributed by atoms with Crippen molar-refractivity contribution in [3.8, 4) is 0 Å². The minimum Gasteiger partial charge on any atom is -0.478 e. The van der Waals surface area contributed by atoms with Crippen LogP contribution in [-0.2, 0) is 4.79 Å². The maximum Gasteiger partial charge on any atom is 0.335 e. The normalized spacial score (nSPS) is 11.9. The number of aliphatic hydroxyl groups excluding tert-OH is 1. The van der Waals surface area contributed by atoms with Gasteiger partial charge in [-0.05, 0) is 24.6 Å². The molecule has 4 N–H and O–H groups in total. The van der Waals surface area contributed by atoms with Gasteiger partial charge in [0.05, 0.1) is 29.4 Å². The SMILES string of the molecule is CCC(CO)NCC(=O)Nc1cc(C(=O)O)ccc1Cl. The number of carboxylic acid groups (broad SMARTS) is 1. The standard InChI is InChI=1S/C13H17ClN2O4/c1-2-9(7-17)15-6-12(18)16-11-5-8(13(19)20)3-4-10(11)14/h3-5,9,15,17H,2,6-7H2,1H3,(H,16,18)(H,19,20). The van der Waals surface area contributed by atoms with E-state index in [2.05, 4.69) is 10.6 Å². The molecule has 0 aliphatic heterocycles. The number of hydrogen-bond acceptors (Lipinski definition) is 4. The van der Waals surface area contributed by atoms with Crippen LogP contribution in [0.15, 0.2) is 18.2 Å². The van der Waals surface area contributed by atoms with Gasteiger partial charge in [-0.1, -0.05) is 18.5 Å². The highest BCUT2D eigenvalue weighted by Gasteiger charge is 2.11. The molecule has 1 amide bonds. The molecule has 0 saturated carbocycles. The minimum atomic E-state index is -1.10. The molecule has 7 heteroatoms. The highest BCUT2D eigenvalue weighted by Crippen LogP contribution is 2.22. The number of benzene rings is 1. The summed E-state index contributed by atoms with van der Waals surface area (Å²) in [7, 11) is 0. The van der Waals surface area contributed by atoms with E-state index in [1.807, 2.05) is 6.92 Å². The molecule has 0 bridgehead atoms. The molecule has 0 aromatic heterocycles. The summed E-state index contributed by atoms with van der Waals surface area (Å²) in [5.74, 6) is -1.46. The van der Waals surface area contributed by atoms with Crippen molar-refractivity contribution < 1.29 is 19.8 Å². The van der Waals surface area contributed by atoms with Crippen molar-refractivity contribution in [3.63, 3.8) is 0 Å². The summed E-state index contributed by atoms with van der Waals surface area (Å²) in [4.78, 5) is 22.6. The Morgan fingerprint density at radius 3 is 2.65 bits per heavy atom. The highest BCUT2D eigenvalue weighted by molar-refractivity contribution is 6.33. The molecular formula is C13H17ClN2O4. The molecule has 0 fully saturated rings. The molecular weight excluding hydrogens is 284 g/mol. The number of nitrogens with one attached hydrogen (secondary N) is 2. The third kappa shape index (κ3) is 4.80. The number of anilines is 1. The van der Waals surface area contributed by atoms with E-state index in [9.17, 15) is 9.59 Å². The second-order valence-corrected chi connectivity index (χ2v) is 4.62. The number of aliphatic hydroxyl groups is 1. The molecule has 1 aromatic carbocycles. The summed E-state index contributed by atoms with van der Waals surface area (Å²) in [5.41, 5.74) is 0.287. The zero-order valence-electron chi connectivity index (χ0n) is 11.0. The Balaban J connectivity index is 2.65. The van der Waals surface area contributed by atoms with E-state index in [1.165, 1.54) is 18.2 Å². The summed E-state index contributed by atoms with van der Waals surface area (Å²) in [6, 6.07) is 3.92. The Labute approximate surface area is 121 Å². The van der Waals surface area contributed by atoms with Gasteiger partial charge in [-0.2, -0.15) is 0 Å². The fourth-order valence-electron chi connectivity index (χ4n) is 1.52. The first-order valence-corrected chi connectivity index (χ1v) is 6.52. The quantitative estimate of drug-likeness (QED) is 0.609. The average Bonchev–Trinajstić information content (AvgIpc) is 2.42. The van der Waals surface area contributed by atoms with Crippen LogP contribution in [0, 0.1) is 0 Å².